The summed E-state index contributed by atoms with van der Waals surface area (Å²) in [6.45, 7) is 1.55. The highest BCUT2D eigenvalue weighted by molar-refractivity contribution is 5.85. The van der Waals surface area contributed by atoms with Gasteiger partial charge in [0.2, 0.25) is 11.7 Å². The number of nitrogens with one attached hydrogen (secondary N) is 1. The highest BCUT2D eigenvalue weighted by Crippen LogP contribution is 2.39. The molecule has 0 atom stereocenters. The number of hydrogen-bond acceptors (Lipinski definition) is 5. The maximum absolute atomic E-state index is 12.9. The Hall–Kier alpha value is -3.35. The number of carbonyl (C=O) groups is 1. The minimum absolute atomic E-state index is 0.183. The van der Waals surface area contributed by atoms with E-state index in [1.54, 1.807) is 28.4 Å². The van der Waals surface area contributed by atoms with E-state index in [-0.39, 0.29) is 5.91 Å². The van der Waals surface area contributed by atoms with E-state index >= 15 is 0 Å². The predicted molar refractivity (Wildman–Crippen MR) is 128 cm³/mol. The van der Waals surface area contributed by atoms with Crippen LogP contribution < -0.4 is 18.9 Å². The molecule has 1 N–H and O–H groups in total. The second-order valence-electron chi connectivity index (χ2n) is 8.34. The number of fused-ring (bicyclic) bond motifs is 1. The molecule has 1 aliphatic heterocycles. The smallest absolute Gasteiger partial charge is 0.222 e. The minimum Gasteiger partial charge on any atom is -0.497 e. The number of nitrogens with zero attached hydrogens (tertiary/aromatic N) is 1. The van der Waals surface area contributed by atoms with Gasteiger partial charge >= 0.3 is 0 Å². The van der Waals surface area contributed by atoms with Crippen molar-refractivity contribution in [2.75, 3.05) is 41.5 Å². The van der Waals surface area contributed by atoms with Gasteiger partial charge in [0.1, 0.15) is 5.75 Å². The summed E-state index contributed by atoms with van der Waals surface area (Å²) in [4.78, 5) is 18.3. The van der Waals surface area contributed by atoms with E-state index in [0.29, 0.717) is 36.0 Å². The Kier molecular flexibility index (Phi) is 6.96. The van der Waals surface area contributed by atoms with Crippen molar-refractivity contribution in [3.05, 3.63) is 47.7 Å². The summed E-state index contributed by atoms with van der Waals surface area (Å²) >= 11 is 0. The largest absolute Gasteiger partial charge is 0.497 e. The molecule has 0 radical (unpaired) electrons. The monoisotopic (exact) mass is 452 g/mol. The molecule has 7 heteroatoms. The second kappa shape index (κ2) is 10.1. The van der Waals surface area contributed by atoms with Crippen LogP contribution in [0, 0.1) is 0 Å². The molecular weight excluding hydrogens is 420 g/mol. The Morgan fingerprint density at radius 1 is 0.970 bits per heavy atom. The number of piperidine rings is 1. The lowest BCUT2D eigenvalue weighted by Crippen LogP contribution is -2.38. The van der Waals surface area contributed by atoms with Crippen molar-refractivity contribution in [3.63, 3.8) is 0 Å². The Morgan fingerprint density at radius 3 is 2.27 bits per heavy atom. The van der Waals surface area contributed by atoms with Crippen LogP contribution in [0.25, 0.3) is 10.9 Å². The number of benzene rings is 2. The van der Waals surface area contributed by atoms with Gasteiger partial charge < -0.3 is 28.8 Å². The molecule has 3 aromatic rings. The maximum Gasteiger partial charge on any atom is 0.222 e. The molecule has 176 valence electrons. The van der Waals surface area contributed by atoms with Gasteiger partial charge in [0, 0.05) is 36.6 Å². The number of aryl methyl sites for hydroxylation is 1. The van der Waals surface area contributed by atoms with Crippen LogP contribution in [0.2, 0.25) is 0 Å². The fourth-order valence-corrected chi connectivity index (χ4v) is 4.72. The van der Waals surface area contributed by atoms with E-state index in [0.717, 1.165) is 42.8 Å². The van der Waals surface area contributed by atoms with Crippen LogP contribution in [0.5, 0.6) is 23.0 Å². The number of hydrogen-bond donors (Lipinski definition) is 1. The van der Waals surface area contributed by atoms with Gasteiger partial charge in [0.25, 0.3) is 0 Å². The van der Waals surface area contributed by atoms with Crippen LogP contribution in [0.15, 0.2) is 36.5 Å². The first-order valence-electron chi connectivity index (χ1n) is 11.3. The van der Waals surface area contributed by atoms with Crippen LogP contribution in [0.3, 0.4) is 0 Å². The van der Waals surface area contributed by atoms with Crippen LogP contribution in [0.1, 0.15) is 36.3 Å². The molecule has 0 saturated carbocycles. The van der Waals surface area contributed by atoms with E-state index in [1.165, 1.54) is 10.9 Å². The molecule has 0 spiro atoms. The minimum atomic E-state index is 0.183. The molecule has 7 nitrogen and oxygen atoms in total. The number of methoxy groups -OCH3 is 4. The van der Waals surface area contributed by atoms with Gasteiger partial charge in [0.05, 0.1) is 28.4 Å². The summed E-state index contributed by atoms with van der Waals surface area (Å²) < 4.78 is 21.6. The zero-order chi connectivity index (χ0) is 23.4. The summed E-state index contributed by atoms with van der Waals surface area (Å²) in [6.07, 6.45) is 5.10. The van der Waals surface area contributed by atoms with Gasteiger partial charge in [-0.05, 0) is 66.6 Å². The van der Waals surface area contributed by atoms with E-state index < -0.39 is 0 Å². The van der Waals surface area contributed by atoms with Gasteiger partial charge in [-0.1, -0.05) is 0 Å². The van der Waals surface area contributed by atoms with E-state index in [1.807, 2.05) is 23.1 Å². The number of ether oxygens (including phenoxy) is 4. The molecule has 2 aromatic carbocycles. The third-order valence-corrected chi connectivity index (χ3v) is 6.56. The number of likely N-dealkylation sites (tertiary alicyclic amines) is 1. The molecule has 1 fully saturated rings. The number of H-pyrrole nitrogens is 1. The molecule has 1 amide bonds. The molecule has 1 aromatic heterocycles. The fraction of sp³-hybridized carbons (Fsp3) is 0.423. The summed E-state index contributed by atoms with van der Waals surface area (Å²) in [5.41, 5.74) is 3.42. The Balaban J connectivity index is 1.37. The van der Waals surface area contributed by atoms with Crippen molar-refractivity contribution in [2.24, 2.45) is 0 Å². The van der Waals surface area contributed by atoms with Crippen molar-refractivity contribution in [3.8, 4) is 23.0 Å². The van der Waals surface area contributed by atoms with Crippen molar-refractivity contribution in [2.45, 2.75) is 31.6 Å². The third kappa shape index (κ3) is 4.72. The maximum atomic E-state index is 12.9. The highest BCUT2D eigenvalue weighted by Gasteiger charge is 2.25. The Labute approximate surface area is 194 Å². The zero-order valence-corrected chi connectivity index (χ0v) is 19.8. The summed E-state index contributed by atoms with van der Waals surface area (Å²) in [7, 11) is 6.47. The van der Waals surface area contributed by atoms with Gasteiger partial charge in [0.15, 0.2) is 11.5 Å². The topological polar surface area (TPSA) is 73.0 Å². The normalized spacial score (nSPS) is 14.4. The van der Waals surface area contributed by atoms with Crippen LogP contribution in [0.4, 0.5) is 0 Å². The zero-order valence-electron chi connectivity index (χ0n) is 19.8. The van der Waals surface area contributed by atoms with Gasteiger partial charge in [-0.3, -0.25) is 4.79 Å². The molecule has 2 heterocycles. The lowest BCUT2D eigenvalue weighted by Gasteiger charge is -2.32. The molecule has 0 bridgehead atoms. The highest BCUT2D eigenvalue weighted by atomic mass is 16.5. The standard InChI is InChI=1S/C26H32N2O5/c1-30-19-6-7-22-20(15-19)21(16-27-22)18-9-11-28(12-10-18)25(29)8-5-17-13-23(31-2)26(33-4)24(14-17)32-3/h6-7,13-16,18,27H,5,8-12H2,1-4H3. The van der Waals surface area contributed by atoms with Gasteiger partial charge in [-0.25, -0.2) is 0 Å². The first-order chi connectivity index (χ1) is 16.1. The van der Waals surface area contributed by atoms with Crippen LogP contribution in [-0.4, -0.2) is 57.3 Å². The quantitative estimate of drug-likeness (QED) is 0.543. The number of amides is 1. The van der Waals surface area contributed by atoms with Crippen LogP contribution >= 0.6 is 0 Å². The third-order valence-electron chi connectivity index (χ3n) is 6.56. The van der Waals surface area contributed by atoms with E-state index in [2.05, 4.69) is 23.3 Å². The summed E-state index contributed by atoms with van der Waals surface area (Å²) in [5, 5.41) is 1.21. The number of carbonyl (C=O) groups excluding carboxylic acids is 1. The molecule has 33 heavy (non-hydrogen) atoms. The lowest BCUT2D eigenvalue weighted by atomic mass is 9.89. The number of aromatic amines is 1. The molecule has 0 aliphatic carbocycles. The first-order valence-corrected chi connectivity index (χ1v) is 11.3. The van der Waals surface area contributed by atoms with Crippen LogP contribution in [-0.2, 0) is 11.2 Å². The molecular formula is C26H32N2O5. The lowest BCUT2D eigenvalue weighted by molar-refractivity contribution is -0.132. The van der Waals surface area contributed by atoms with Crippen molar-refractivity contribution < 1.29 is 23.7 Å². The summed E-state index contributed by atoms with van der Waals surface area (Å²) in [6, 6.07) is 9.94. The van der Waals surface area contributed by atoms with Gasteiger partial charge in [-0.15, -0.1) is 0 Å². The van der Waals surface area contributed by atoms with E-state index in [9.17, 15) is 4.79 Å². The number of aromatic nitrogens is 1. The van der Waals surface area contributed by atoms with Crippen molar-refractivity contribution >= 4 is 16.8 Å². The number of rotatable bonds is 8. The predicted octanol–water partition coefficient (Wildman–Crippen LogP) is 4.54. The van der Waals surface area contributed by atoms with E-state index in [4.69, 9.17) is 18.9 Å². The second-order valence-corrected chi connectivity index (χ2v) is 8.34. The molecule has 1 aliphatic rings. The average Bonchev–Trinajstić information content (AvgIpc) is 3.29. The molecule has 4 rings (SSSR count). The summed E-state index contributed by atoms with van der Waals surface area (Å²) in [5.74, 6) is 3.26. The van der Waals surface area contributed by atoms with Crippen molar-refractivity contribution in [1.82, 2.24) is 9.88 Å². The average molecular weight is 453 g/mol. The first kappa shape index (κ1) is 22.8. The van der Waals surface area contributed by atoms with Gasteiger partial charge in [-0.2, -0.15) is 0 Å². The molecule has 0 unspecified atom stereocenters. The Bertz CT molecular complexity index is 1090. The SMILES string of the molecule is COc1ccc2[nH]cc(C3CCN(C(=O)CCc4cc(OC)c(OC)c(OC)c4)CC3)c2c1. The fourth-order valence-electron chi connectivity index (χ4n) is 4.72. The Morgan fingerprint density at radius 2 is 1.67 bits per heavy atom. The molecule has 1 saturated heterocycles. The van der Waals surface area contributed by atoms with Crippen molar-refractivity contribution in [1.29, 1.82) is 0 Å².